The second kappa shape index (κ2) is 4.15. The maximum atomic E-state index is 11.9. The number of carbonyl (C=O) groups is 1. The van der Waals surface area contributed by atoms with E-state index in [0.29, 0.717) is 18.3 Å². The van der Waals surface area contributed by atoms with Crippen molar-refractivity contribution in [2.24, 2.45) is 17.8 Å². The van der Waals surface area contributed by atoms with Crippen molar-refractivity contribution in [2.45, 2.75) is 38.7 Å². The van der Waals surface area contributed by atoms with E-state index in [1.807, 2.05) is 6.92 Å². The number of esters is 1. The summed E-state index contributed by atoms with van der Waals surface area (Å²) < 4.78 is 45.8. The maximum absolute atomic E-state index is 11.9. The Balaban J connectivity index is 1.85. The average molecular weight is 252 g/mol. The summed E-state index contributed by atoms with van der Waals surface area (Å²) >= 11 is 0. The molecule has 2 rings (SSSR count). The summed E-state index contributed by atoms with van der Waals surface area (Å²) in [6.07, 6.45) is -4.20. The van der Waals surface area contributed by atoms with Gasteiger partial charge >= 0.3 is 12.1 Å². The van der Waals surface area contributed by atoms with E-state index >= 15 is 0 Å². The van der Waals surface area contributed by atoms with Gasteiger partial charge < -0.3 is 9.47 Å². The third kappa shape index (κ3) is 2.27. The molecule has 5 unspecified atom stereocenters. The number of ether oxygens (including phenoxy) is 2. The van der Waals surface area contributed by atoms with Gasteiger partial charge in [-0.3, -0.25) is 0 Å². The number of halogens is 3. The summed E-state index contributed by atoms with van der Waals surface area (Å²) in [5.74, 6) is -1.48. The molecule has 2 aliphatic rings. The Morgan fingerprint density at radius 2 is 2.00 bits per heavy atom. The minimum atomic E-state index is -4.91. The maximum Gasteiger partial charge on any atom is 0.490 e. The summed E-state index contributed by atoms with van der Waals surface area (Å²) in [6.45, 7) is 3.90. The zero-order chi connectivity index (χ0) is 12.8. The lowest BCUT2D eigenvalue weighted by Crippen LogP contribution is -2.35. The first-order valence-electron chi connectivity index (χ1n) is 5.70. The molecule has 3 nitrogen and oxygen atoms in total. The van der Waals surface area contributed by atoms with Crippen molar-refractivity contribution in [2.75, 3.05) is 6.61 Å². The Bertz CT molecular complexity index is 314. The van der Waals surface area contributed by atoms with Gasteiger partial charge in [-0.25, -0.2) is 4.79 Å². The lowest BCUT2D eigenvalue weighted by Gasteiger charge is -2.27. The van der Waals surface area contributed by atoms with Crippen molar-refractivity contribution >= 4 is 5.97 Å². The minimum Gasteiger partial charge on any atom is -0.459 e. The predicted molar refractivity (Wildman–Crippen MR) is 52.1 cm³/mol. The Morgan fingerprint density at radius 1 is 1.35 bits per heavy atom. The van der Waals surface area contributed by atoms with Gasteiger partial charge in [-0.1, -0.05) is 13.8 Å². The molecule has 2 aliphatic heterocycles. The van der Waals surface area contributed by atoms with Crippen LogP contribution in [0.25, 0.3) is 0 Å². The summed E-state index contributed by atoms with van der Waals surface area (Å²) in [4.78, 5) is 10.6. The first-order valence-corrected chi connectivity index (χ1v) is 5.70. The lowest BCUT2D eigenvalue weighted by atomic mass is 9.76. The Morgan fingerprint density at radius 3 is 2.47 bits per heavy atom. The highest BCUT2D eigenvalue weighted by Gasteiger charge is 2.51. The summed E-state index contributed by atoms with van der Waals surface area (Å²) in [7, 11) is 0. The molecule has 0 N–H and O–H groups in total. The van der Waals surface area contributed by atoms with Crippen LogP contribution in [-0.2, 0) is 14.3 Å². The topological polar surface area (TPSA) is 35.5 Å². The smallest absolute Gasteiger partial charge is 0.459 e. The van der Waals surface area contributed by atoms with E-state index in [1.165, 1.54) is 0 Å². The molecule has 2 heterocycles. The highest BCUT2D eigenvalue weighted by atomic mass is 19.4. The first-order chi connectivity index (χ1) is 7.80. The fraction of sp³-hybridized carbons (Fsp3) is 0.909. The Hall–Kier alpha value is -0.780. The number of hydrogen-bond acceptors (Lipinski definition) is 3. The molecule has 0 aliphatic carbocycles. The van der Waals surface area contributed by atoms with Crippen molar-refractivity contribution in [1.29, 1.82) is 0 Å². The average Bonchev–Trinajstić information content (AvgIpc) is 2.75. The van der Waals surface area contributed by atoms with Crippen LogP contribution >= 0.6 is 0 Å². The van der Waals surface area contributed by atoms with E-state index in [0.717, 1.165) is 0 Å². The molecule has 0 amide bonds. The number of fused-ring (bicyclic) bond motifs is 2. The minimum absolute atomic E-state index is 0.0731. The predicted octanol–water partition coefficient (Wildman–Crippen LogP) is 2.15. The third-order valence-electron chi connectivity index (χ3n) is 3.93. The lowest BCUT2D eigenvalue weighted by molar-refractivity contribution is -0.201. The van der Waals surface area contributed by atoms with Gasteiger partial charge in [-0.2, -0.15) is 13.2 Å². The molecular formula is C11H15F3O3. The van der Waals surface area contributed by atoms with Crippen LogP contribution in [0.1, 0.15) is 20.3 Å². The van der Waals surface area contributed by atoms with Crippen molar-refractivity contribution in [3.8, 4) is 0 Å². The van der Waals surface area contributed by atoms with Gasteiger partial charge in [0.05, 0.1) is 18.8 Å². The highest BCUT2D eigenvalue weighted by molar-refractivity contribution is 5.75. The third-order valence-corrected chi connectivity index (χ3v) is 3.93. The number of carbonyl (C=O) groups excluding carboxylic acids is 1. The van der Waals surface area contributed by atoms with Gasteiger partial charge in [0.2, 0.25) is 0 Å². The van der Waals surface area contributed by atoms with Crippen molar-refractivity contribution < 1.29 is 27.4 Å². The molecule has 6 heteroatoms. The second-order valence-electron chi connectivity index (χ2n) is 4.95. The normalized spacial score (nSPS) is 40.6. The molecule has 17 heavy (non-hydrogen) atoms. The number of hydrogen-bond donors (Lipinski definition) is 0. The van der Waals surface area contributed by atoms with Crippen LogP contribution in [0.4, 0.5) is 13.2 Å². The van der Waals surface area contributed by atoms with E-state index in [1.54, 1.807) is 0 Å². The van der Waals surface area contributed by atoms with Crippen molar-refractivity contribution in [3.05, 3.63) is 0 Å². The fourth-order valence-corrected chi connectivity index (χ4v) is 2.76. The SMILES string of the molecule is CC1C2CC(COC(=O)C(F)(F)F)C(O2)C1C. The van der Waals surface area contributed by atoms with Crippen molar-refractivity contribution in [3.63, 3.8) is 0 Å². The van der Waals surface area contributed by atoms with Crippen LogP contribution in [0.3, 0.4) is 0 Å². The number of rotatable bonds is 2. The molecule has 2 bridgehead atoms. The Labute approximate surface area is 97.3 Å². The van der Waals surface area contributed by atoms with Crippen LogP contribution in [0, 0.1) is 17.8 Å². The monoisotopic (exact) mass is 252 g/mol. The standard InChI is InChI=1S/C11H15F3O3/c1-5-6(2)9-7(3-8(5)17-9)4-16-10(15)11(12,13)14/h5-9H,3-4H2,1-2H3. The Kier molecular flexibility index (Phi) is 3.10. The molecule has 0 aromatic rings. The van der Waals surface area contributed by atoms with Crippen LogP contribution in [0.15, 0.2) is 0 Å². The van der Waals surface area contributed by atoms with Gasteiger partial charge in [-0.05, 0) is 18.3 Å². The van der Waals surface area contributed by atoms with Gasteiger partial charge in [0.15, 0.2) is 0 Å². The quantitative estimate of drug-likeness (QED) is 0.706. The van der Waals surface area contributed by atoms with Crippen LogP contribution in [0.2, 0.25) is 0 Å². The highest BCUT2D eigenvalue weighted by Crippen LogP contribution is 2.46. The van der Waals surface area contributed by atoms with E-state index in [-0.39, 0.29) is 24.7 Å². The zero-order valence-corrected chi connectivity index (χ0v) is 9.66. The summed E-state index contributed by atoms with van der Waals surface area (Å²) in [5, 5.41) is 0. The van der Waals surface area contributed by atoms with Gasteiger partial charge in [0.25, 0.3) is 0 Å². The van der Waals surface area contributed by atoms with Gasteiger partial charge in [0.1, 0.15) is 0 Å². The number of alkyl halides is 3. The van der Waals surface area contributed by atoms with Gasteiger partial charge in [-0.15, -0.1) is 0 Å². The van der Waals surface area contributed by atoms with Crippen LogP contribution in [0.5, 0.6) is 0 Å². The largest absolute Gasteiger partial charge is 0.490 e. The van der Waals surface area contributed by atoms with E-state index in [9.17, 15) is 18.0 Å². The first kappa shape index (κ1) is 12.7. The second-order valence-corrected chi connectivity index (χ2v) is 4.95. The van der Waals surface area contributed by atoms with Crippen molar-refractivity contribution in [1.82, 2.24) is 0 Å². The van der Waals surface area contributed by atoms with Crippen LogP contribution < -0.4 is 0 Å². The molecule has 2 fully saturated rings. The fourth-order valence-electron chi connectivity index (χ4n) is 2.76. The molecule has 0 aromatic carbocycles. The molecule has 0 aromatic heterocycles. The molecular weight excluding hydrogens is 237 g/mol. The van der Waals surface area contributed by atoms with E-state index in [4.69, 9.17) is 4.74 Å². The van der Waals surface area contributed by atoms with Crippen LogP contribution in [-0.4, -0.2) is 31.0 Å². The zero-order valence-electron chi connectivity index (χ0n) is 9.66. The summed E-state index contributed by atoms with van der Waals surface area (Å²) in [6, 6.07) is 0. The molecule has 0 saturated carbocycles. The molecule has 5 atom stereocenters. The summed E-state index contributed by atoms with van der Waals surface area (Å²) in [5.41, 5.74) is 0. The van der Waals surface area contributed by atoms with E-state index in [2.05, 4.69) is 11.7 Å². The molecule has 0 radical (unpaired) electrons. The molecule has 98 valence electrons. The van der Waals surface area contributed by atoms with E-state index < -0.39 is 12.1 Å². The molecule has 2 saturated heterocycles. The molecule has 0 spiro atoms. The van der Waals surface area contributed by atoms with Gasteiger partial charge in [0, 0.05) is 5.92 Å².